The van der Waals surface area contributed by atoms with Crippen LogP contribution >= 0.6 is 11.8 Å². The van der Waals surface area contributed by atoms with Crippen molar-refractivity contribution in [2.45, 2.75) is 26.2 Å². The first-order valence-corrected chi connectivity index (χ1v) is 6.77. The predicted octanol–water partition coefficient (Wildman–Crippen LogP) is 1.52. The highest BCUT2D eigenvalue weighted by Gasteiger charge is 2.04. The fourth-order valence-corrected chi connectivity index (χ4v) is 1.56. The van der Waals surface area contributed by atoms with Gasteiger partial charge in [0.15, 0.2) is 0 Å². The zero-order chi connectivity index (χ0) is 10.9. The fraction of sp³-hybridized carbons (Fsp3) is 0.800. The van der Waals surface area contributed by atoms with Crippen LogP contribution in [0.1, 0.15) is 25.1 Å². The molecule has 0 spiro atoms. The smallest absolute Gasteiger partial charge is 0.217 e. The summed E-state index contributed by atoms with van der Waals surface area (Å²) in [6.07, 6.45) is 4.93. The first-order valence-electron chi connectivity index (χ1n) is 5.37. The molecule has 0 saturated carbocycles. The number of aromatic nitrogens is 2. The molecule has 15 heavy (non-hydrogen) atoms. The fourth-order valence-electron chi connectivity index (χ4n) is 1.18. The zero-order valence-corrected chi connectivity index (χ0v) is 10.3. The third-order valence-electron chi connectivity index (χ3n) is 1.97. The molecule has 1 rings (SSSR count). The predicted molar refractivity (Wildman–Crippen MR) is 63.2 cm³/mol. The first-order chi connectivity index (χ1) is 7.36. The molecule has 0 fully saturated rings. The molecule has 0 aliphatic rings. The van der Waals surface area contributed by atoms with Crippen LogP contribution in [-0.2, 0) is 12.8 Å². The van der Waals surface area contributed by atoms with Crippen LogP contribution < -0.4 is 5.32 Å². The maximum atomic E-state index is 5.49. The van der Waals surface area contributed by atoms with Crippen molar-refractivity contribution in [1.82, 2.24) is 15.5 Å². The Bertz CT molecular complexity index is 265. The third-order valence-corrected chi connectivity index (χ3v) is 2.58. The van der Waals surface area contributed by atoms with Crippen molar-refractivity contribution in [2.24, 2.45) is 0 Å². The minimum Gasteiger partial charge on any atom is -0.425 e. The van der Waals surface area contributed by atoms with Crippen LogP contribution in [0.3, 0.4) is 0 Å². The molecule has 0 amide bonds. The van der Waals surface area contributed by atoms with Gasteiger partial charge in [0.1, 0.15) is 0 Å². The average Bonchev–Trinajstić information content (AvgIpc) is 2.69. The Morgan fingerprint density at radius 3 is 2.60 bits per heavy atom. The second-order valence-electron chi connectivity index (χ2n) is 3.33. The molecule has 0 atom stereocenters. The molecule has 0 unspecified atom stereocenters. The maximum Gasteiger partial charge on any atom is 0.217 e. The summed E-state index contributed by atoms with van der Waals surface area (Å²) in [4.78, 5) is 0. The number of thioether (sulfide) groups is 1. The van der Waals surface area contributed by atoms with Gasteiger partial charge in [-0.3, -0.25) is 0 Å². The normalized spacial score (nSPS) is 10.8. The summed E-state index contributed by atoms with van der Waals surface area (Å²) in [7, 11) is 0. The highest BCUT2D eigenvalue weighted by Crippen LogP contribution is 2.04. The van der Waals surface area contributed by atoms with Gasteiger partial charge in [-0.25, -0.2) is 0 Å². The van der Waals surface area contributed by atoms with Gasteiger partial charge in [0.05, 0.1) is 0 Å². The van der Waals surface area contributed by atoms with Gasteiger partial charge in [0.2, 0.25) is 11.8 Å². The van der Waals surface area contributed by atoms with Crippen molar-refractivity contribution in [2.75, 3.05) is 25.1 Å². The van der Waals surface area contributed by atoms with E-state index in [1.165, 1.54) is 0 Å². The van der Waals surface area contributed by atoms with E-state index in [0.717, 1.165) is 49.9 Å². The number of rotatable bonds is 8. The van der Waals surface area contributed by atoms with Crippen molar-refractivity contribution >= 4 is 11.8 Å². The van der Waals surface area contributed by atoms with Gasteiger partial charge in [-0.2, -0.15) is 11.8 Å². The van der Waals surface area contributed by atoms with Crippen LogP contribution in [-0.4, -0.2) is 35.3 Å². The lowest BCUT2D eigenvalue weighted by Crippen LogP contribution is -2.17. The van der Waals surface area contributed by atoms with Crippen LogP contribution in [0, 0.1) is 0 Å². The lowest BCUT2D eigenvalue weighted by molar-refractivity contribution is 0.449. The summed E-state index contributed by atoms with van der Waals surface area (Å²) in [6.45, 7) is 4.12. The summed E-state index contributed by atoms with van der Waals surface area (Å²) in [6, 6.07) is 0. The van der Waals surface area contributed by atoms with Gasteiger partial charge in [0, 0.05) is 25.1 Å². The van der Waals surface area contributed by atoms with Crippen molar-refractivity contribution in [3.63, 3.8) is 0 Å². The van der Waals surface area contributed by atoms with E-state index in [4.69, 9.17) is 4.42 Å². The molecule has 4 nitrogen and oxygen atoms in total. The summed E-state index contributed by atoms with van der Waals surface area (Å²) in [5.41, 5.74) is 0. The summed E-state index contributed by atoms with van der Waals surface area (Å²) >= 11 is 1.79. The molecule has 1 aromatic rings. The molecule has 5 heteroatoms. The summed E-state index contributed by atoms with van der Waals surface area (Å²) < 4.78 is 5.49. The molecule has 1 N–H and O–H groups in total. The van der Waals surface area contributed by atoms with Crippen LogP contribution in [0.5, 0.6) is 0 Å². The molecule has 0 radical (unpaired) electrons. The Hall–Kier alpha value is -0.550. The van der Waals surface area contributed by atoms with Crippen LogP contribution in [0.4, 0.5) is 0 Å². The zero-order valence-electron chi connectivity index (χ0n) is 9.45. The van der Waals surface area contributed by atoms with Crippen LogP contribution in [0.25, 0.3) is 0 Å². The van der Waals surface area contributed by atoms with Crippen molar-refractivity contribution < 1.29 is 4.42 Å². The largest absolute Gasteiger partial charge is 0.425 e. The maximum absolute atomic E-state index is 5.49. The first kappa shape index (κ1) is 12.5. The van der Waals surface area contributed by atoms with E-state index < -0.39 is 0 Å². The second-order valence-corrected chi connectivity index (χ2v) is 4.32. The van der Waals surface area contributed by atoms with Gasteiger partial charge < -0.3 is 9.73 Å². The average molecular weight is 229 g/mol. The highest BCUT2D eigenvalue weighted by molar-refractivity contribution is 7.98. The number of nitrogens with one attached hydrogen (secondary N) is 1. The van der Waals surface area contributed by atoms with Crippen molar-refractivity contribution in [1.29, 1.82) is 0 Å². The van der Waals surface area contributed by atoms with Gasteiger partial charge in [-0.1, -0.05) is 6.92 Å². The third kappa shape index (κ3) is 5.18. The Labute approximate surface area is 95.2 Å². The summed E-state index contributed by atoms with van der Waals surface area (Å²) in [5.74, 6) is 2.54. The van der Waals surface area contributed by atoms with E-state index >= 15 is 0 Å². The lowest BCUT2D eigenvalue weighted by Gasteiger charge is -1.98. The SMILES string of the molecule is CCCNCCc1nnc(CCSC)o1. The number of nitrogens with zero attached hydrogens (tertiary/aromatic N) is 2. The number of hydrogen-bond donors (Lipinski definition) is 1. The topological polar surface area (TPSA) is 51.0 Å². The van der Waals surface area contributed by atoms with Gasteiger partial charge in [-0.15, -0.1) is 10.2 Å². The molecule has 0 saturated heterocycles. The van der Waals surface area contributed by atoms with E-state index in [1.807, 2.05) is 0 Å². The quantitative estimate of drug-likeness (QED) is 0.685. The second kappa shape index (κ2) is 7.70. The van der Waals surface area contributed by atoms with E-state index in [9.17, 15) is 0 Å². The molecular weight excluding hydrogens is 210 g/mol. The highest BCUT2D eigenvalue weighted by atomic mass is 32.2. The molecule has 0 aliphatic heterocycles. The number of hydrogen-bond acceptors (Lipinski definition) is 5. The van der Waals surface area contributed by atoms with E-state index in [-0.39, 0.29) is 0 Å². The minimum atomic E-state index is 0.745. The molecular formula is C10H19N3OS. The molecule has 0 bridgehead atoms. The molecule has 86 valence electrons. The lowest BCUT2D eigenvalue weighted by atomic mass is 10.4. The number of aryl methyl sites for hydroxylation is 1. The van der Waals surface area contributed by atoms with Crippen LogP contribution in [0.2, 0.25) is 0 Å². The van der Waals surface area contributed by atoms with E-state index in [0.29, 0.717) is 0 Å². The molecule has 1 heterocycles. The Morgan fingerprint density at radius 2 is 1.93 bits per heavy atom. The molecule has 0 aliphatic carbocycles. The Balaban J connectivity index is 2.20. The molecule has 0 aromatic carbocycles. The van der Waals surface area contributed by atoms with Gasteiger partial charge >= 0.3 is 0 Å². The monoisotopic (exact) mass is 229 g/mol. The van der Waals surface area contributed by atoms with Gasteiger partial charge in [0.25, 0.3) is 0 Å². The summed E-state index contributed by atoms with van der Waals surface area (Å²) in [5, 5.41) is 11.3. The van der Waals surface area contributed by atoms with Crippen molar-refractivity contribution in [3.8, 4) is 0 Å². The van der Waals surface area contributed by atoms with Crippen molar-refractivity contribution in [3.05, 3.63) is 11.8 Å². The Morgan fingerprint density at radius 1 is 1.20 bits per heavy atom. The molecule has 1 aromatic heterocycles. The standard InChI is InChI=1S/C10H19N3OS/c1-3-6-11-7-4-9-12-13-10(14-9)5-8-15-2/h11H,3-8H2,1-2H3. The Kier molecular flexibility index (Phi) is 6.43. The van der Waals surface area contributed by atoms with Gasteiger partial charge in [-0.05, 0) is 19.2 Å². The van der Waals surface area contributed by atoms with E-state index in [1.54, 1.807) is 11.8 Å². The van der Waals surface area contributed by atoms with Crippen LogP contribution in [0.15, 0.2) is 4.42 Å². The minimum absolute atomic E-state index is 0.745. The van der Waals surface area contributed by atoms with E-state index in [2.05, 4.69) is 28.7 Å².